The second-order valence-corrected chi connectivity index (χ2v) is 3.61. The Morgan fingerprint density at radius 2 is 2.14 bits per heavy atom. The van der Waals surface area contributed by atoms with Gasteiger partial charge in [0.15, 0.2) is 5.82 Å². The lowest BCUT2D eigenvalue weighted by molar-refractivity contribution is 0.0692. The second-order valence-electron chi connectivity index (χ2n) is 2.73. The highest BCUT2D eigenvalue weighted by Crippen LogP contribution is 2.34. The van der Waals surface area contributed by atoms with Crippen LogP contribution in [0.3, 0.4) is 0 Å². The minimum absolute atomic E-state index is 0.0270. The molecule has 0 spiro atoms. The van der Waals surface area contributed by atoms with Crippen molar-refractivity contribution < 1.29 is 19.4 Å². The molecule has 72 valence electrons. The van der Waals surface area contributed by atoms with Crippen LogP contribution in [0.2, 0.25) is 0 Å². The average molecular weight is 212 g/mol. The average Bonchev–Trinajstić information content (AvgIpc) is 2.49. The third kappa shape index (κ3) is 1.13. The van der Waals surface area contributed by atoms with Gasteiger partial charge in [0.2, 0.25) is 0 Å². The lowest BCUT2D eigenvalue weighted by Gasteiger charge is -1.97. The number of carboxylic acid groups (broad SMARTS) is 1. The number of aromatic carboxylic acids is 1. The topological polar surface area (TPSA) is 57.5 Å². The Hall–Kier alpha value is -1.62. The summed E-state index contributed by atoms with van der Waals surface area (Å²) in [5.74, 6) is -2.13. The number of carboxylic acids is 1. The first-order chi connectivity index (χ1) is 6.61. The van der Waals surface area contributed by atoms with Crippen molar-refractivity contribution in [3.05, 3.63) is 28.9 Å². The summed E-state index contributed by atoms with van der Waals surface area (Å²) in [5.41, 5.74) is -0.376. The maximum atomic E-state index is 13.5. The Morgan fingerprint density at radius 1 is 1.43 bits per heavy atom. The summed E-state index contributed by atoms with van der Waals surface area (Å²) < 4.78 is 13.6. The monoisotopic (exact) mass is 212 g/mol. The van der Waals surface area contributed by atoms with Gasteiger partial charge in [-0.1, -0.05) is 0 Å². The van der Waals surface area contributed by atoms with E-state index in [1.807, 2.05) is 0 Å². The molecule has 1 aromatic heterocycles. The Balaban J connectivity index is 2.82. The van der Waals surface area contributed by atoms with Gasteiger partial charge in [-0.3, -0.25) is 0 Å². The van der Waals surface area contributed by atoms with Crippen LogP contribution in [0.25, 0.3) is 10.1 Å². The van der Waals surface area contributed by atoms with Gasteiger partial charge in [-0.05, 0) is 12.1 Å². The number of thiophene rings is 1. The molecule has 0 saturated carbocycles. The number of halogens is 1. The predicted octanol–water partition coefficient (Wildman–Crippen LogP) is 2.44. The largest absolute Gasteiger partial charge is 0.506 e. The predicted molar refractivity (Wildman–Crippen MR) is 50.4 cm³/mol. The summed E-state index contributed by atoms with van der Waals surface area (Å²) in [4.78, 5) is 10.6. The van der Waals surface area contributed by atoms with E-state index in [0.29, 0.717) is 5.39 Å². The molecule has 2 N–H and O–H groups in total. The molecule has 3 nitrogen and oxygen atoms in total. The molecule has 0 atom stereocenters. The fourth-order valence-corrected chi connectivity index (χ4v) is 2.09. The summed E-state index contributed by atoms with van der Waals surface area (Å²) in [6, 6.07) is 2.54. The number of fused-ring (bicyclic) bond motifs is 1. The highest BCUT2D eigenvalue weighted by atomic mass is 32.1. The molecule has 0 radical (unpaired) electrons. The van der Waals surface area contributed by atoms with Crippen LogP contribution >= 0.6 is 11.3 Å². The Morgan fingerprint density at radius 3 is 2.79 bits per heavy atom. The van der Waals surface area contributed by atoms with Gasteiger partial charge in [0.1, 0.15) is 5.75 Å². The van der Waals surface area contributed by atoms with E-state index in [4.69, 9.17) is 5.11 Å². The zero-order valence-electron chi connectivity index (χ0n) is 6.82. The molecule has 0 aliphatic heterocycles. The van der Waals surface area contributed by atoms with Crippen molar-refractivity contribution in [2.75, 3.05) is 0 Å². The first kappa shape index (κ1) is 8.96. The van der Waals surface area contributed by atoms with Gasteiger partial charge in [0.25, 0.3) is 0 Å². The SMILES string of the molecule is O=C(O)c1ccc2c(O)csc2c1F. The molecule has 5 heteroatoms. The van der Waals surface area contributed by atoms with E-state index in [1.165, 1.54) is 11.4 Å². The molecule has 0 saturated heterocycles. The summed E-state index contributed by atoms with van der Waals surface area (Å²) in [5, 5.41) is 19.6. The van der Waals surface area contributed by atoms with Gasteiger partial charge in [0, 0.05) is 10.8 Å². The molecule has 0 aliphatic carbocycles. The highest BCUT2D eigenvalue weighted by Gasteiger charge is 2.15. The molecular weight excluding hydrogens is 207 g/mol. The smallest absolute Gasteiger partial charge is 0.338 e. The normalized spacial score (nSPS) is 10.6. The number of benzene rings is 1. The van der Waals surface area contributed by atoms with Gasteiger partial charge in [-0.25, -0.2) is 9.18 Å². The Kier molecular flexibility index (Phi) is 1.89. The molecule has 14 heavy (non-hydrogen) atoms. The van der Waals surface area contributed by atoms with E-state index in [2.05, 4.69) is 0 Å². The summed E-state index contributed by atoms with van der Waals surface area (Å²) in [6.45, 7) is 0. The summed E-state index contributed by atoms with van der Waals surface area (Å²) in [6.07, 6.45) is 0. The minimum atomic E-state index is -1.31. The zero-order chi connectivity index (χ0) is 10.3. The van der Waals surface area contributed by atoms with E-state index in [0.717, 1.165) is 17.4 Å². The van der Waals surface area contributed by atoms with Crippen LogP contribution < -0.4 is 0 Å². The van der Waals surface area contributed by atoms with Crippen LogP contribution in [0.4, 0.5) is 4.39 Å². The van der Waals surface area contributed by atoms with Gasteiger partial charge >= 0.3 is 5.97 Å². The van der Waals surface area contributed by atoms with Crippen molar-refractivity contribution in [3.63, 3.8) is 0 Å². The van der Waals surface area contributed by atoms with E-state index in [-0.39, 0.29) is 16.0 Å². The first-order valence-corrected chi connectivity index (χ1v) is 4.61. The molecule has 1 heterocycles. The molecule has 2 aromatic rings. The van der Waals surface area contributed by atoms with Crippen molar-refractivity contribution in [3.8, 4) is 5.75 Å². The number of carbonyl (C=O) groups is 1. The minimum Gasteiger partial charge on any atom is -0.506 e. The quantitative estimate of drug-likeness (QED) is 0.763. The molecule has 1 aromatic carbocycles. The number of rotatable bonds is 1. The number of hydrogen-bond donors (Lipinski definition) is 2. The van der Waals surface area contributed by atoms with E-state index in [9.17, 15) is 14.3 Å². The van der Waals surface area contributed by atoms with Crippen LogP contribution in [0, 0.1) is 5.82 Å². The van der Waals surface area contributed by atoms with Crippen LogP contribution in [-0.4, -0.2) is 16.2 Å². The molecular formula is C9H5FO3S. The summed E-state index contributed by atoms with van der Waals surface area (Å²) in [7, 11) is 0. The van der Waals surface area contributed by atoms with Crippen molar-refractivity contribution in [1.82, 2.24) is 0 Å². The van der Waals surface area contributed by atoms with Crippen LogP contribution in [0.1, 0.15) is 10.4 Å². The van der Waals surface area contributed by atoms with Gasteiger partial charge in [-0.2, -0.15) is 0 Å². The molecule has 0 unspecified atom stereocenters. The number of aromatic hydroxyl groups is 1. The Labute approximate surface area is 82.0 Å². The molecule has 0 aliphatic rings. The van der Waals surface area contributed by atoms with Gasteiger partial charge in [0.05, 0.1) is 10.3 Å². The zero-order valence-corrected chi connectivity index (χ0v) is 7.64. The van der Waals surface area contributed by atoms with E-state index >= 15 is 0 Å². The van der Waals surface area contributed by atoms with Crippen LogP contribution in [-0.2, 0) is 0 Å². The van der Waals surface area contributed by atoms with Gasteiger partial charge < -0.3 is 10.2 Å². The third-order valence-electron chi connectivity index (χ3n) is 1.89. The van der Waals surface area contributed by atoms with Crippen LogP contribution in [0.15, 0.2) is 17.5 Å². The van der Waals surface area contributed by atoms with Crippen molar-refractivity contribution in [2.24, 2.45) is 0 Å². The number of hydrogen-bond acceptors (Lipinski definition) is 3. The molecule has 2 rings (SSSR count). The lowest BCUT2D eigenvalue weighted by atomic mass is 10.1. The maximum absolute atomic E-state index is 13.5. The van der Waals surface area contributed by atoms with E-state index in [1.54, 1.807) is 0 Å². The second kappa shape index (κ2) is 2.95. The fourth-order valence-electron chi connectivity index (χ4n) is 1.22. The van der Waals surface area contributed by atoms with Crippen molar-refractivity contribution >= 4 is 27.4 Å². The maximum Gasteiger partial charge on any atom is 0.338 e. The first-order valence-electron chi connectivity index (χ1n) is 3.73. The summed E-state index contributed by atoms with van der Waals surface area (Å²) >= 11 is 0.984. The van der Waals surface area contributed by atoms with E-state index < -0.39 is 11.8 Å². The Bertz CT molecular complexity index is 518. The van der Waals surface area contributed by atoms with Gasteiger partial charge in [-0.15, -0.1) is 11.3 Å². The van der Waals surface area contributed by atoms with Crippen molar-refractivity contribution in [1.29, 1.82) is 0 Å². The fraction of sp³-hybridized carbons (Fsp3) is 0. The third-order valence-corrected chi connectivity index (χ3v) is 2.87. The molecule has 0 amide bonds. The van der Waals surface area contributed by atoms with Crippen LogP contribution in [0.5, 0.6) is 5.75 Å². The standard InChI is InChI=1S/C9H5FO3S/c10-7-5(9(12)13)2-1-4-6(11)3-14-8(4)7/h1-3,11H,(H,12,13). The highest BCUT2D eigenvalue weighted by molar-refractivity contribution is 7.17. The lowest BCUT2D eigenvalue weighted by Crippen LogP contribution is -1.99. The molecule has 0 fully saturated rings. The van der Waals surface area contributed by atoms with Crippen molar-refractivity contribution in [2.45, 2.75) is 0 Å². The molecule has 0 bridgehead atoms.